The van der Waals surface area contributed by atoms with E-state index < -0.39 is 34.6 Å². The highest BCUT2D eigenvalue weighted by atomic mass is 35.5. The van der Waals surface area contributed by atoms with Gasteiger partial charge in [0.2, 0.25) is 0 Å². The zero-order valence-corrected chi connectivity index (χ0v) is 23.8. The number of benzene rings is 1. The van der Waals surface area contributed by atoms with Gasteiger partial charge in [0.25, 0.3) is 0 Å². The van der Waals surface area contributed by atoms with Crippen molar-refractivity contribution in [1.29, 1.82) is 0 Å². The van der Waals surface area contributed by atoms with Gasteiger partial charge in [0, 0.05) is 41.1 Å². The van der Waals surface area contributed by atoms with E-state index in [0.717, 1.165) is 6.07 Å². The van der Waals surface area contributed by atoms with Gasteiger partial charge in [-0.15, -0.1) is 11.3 Å². The van der Waals surface area contributed by atoms with E-state index in [4.69, 9.17) is 21.1 Å². The van der Waals surface area contributed by atoms with Crippen LogP contribution in [0.15, 0.2) is 52.4 Å². The third-order valence-electron chi connectivity index (χ3n) is 7.16. The van der Waals surface area contributed by atoms with Gasteiger partial charge in [-0.25, -0.2) is 33.3 Å². The Morgan fingerprint density at radius 2 is 1.78 bits per heavy atom. The summed E-state index contributed by atoms with van der Waals surface area (Å²) in [5.41, 5.74) is 1.20. The first kappa shape index (κ1) is 28.7. The smallest absolute Gasteiger partial charge is 0.341 e. The van der Waals surface area contributed by atoms with Crippen LogP contribution in [0.1, 0.15) is 71.3 Å². The van der Waals surface area contributed by atoms with Gasteiger partial charge in [0.05, 0.1) is 29.9 Å². The second kappa shape index (κ2) is 12.4. The van der Waals surface area contributed by atoms with Gasteiger partial charge >= 0.3 is 11.9 Å². The molecule has 2 aromatic heterocycles. The molecule has 3 heterocycles. The van der Waals surface area contributed by atoms with Crippen LogP contribution in [0.2, 0.25) is 5.02 Å². The van der Waals surface area contributed by atoms with Crippen molar-refractivity contribution >= 4 is 40.7 Å². The number of hydrogen-bond donors (Lipinski definition) is 1. The number of hydrogen-bond acceptors (Lipinski definition) is 10. The maximum Gasteiger partial charge on any atom is 0.341 e. The highest BCUT2D eigenvalue weighted by Crippen LogP contribution is 2.43. The van der Waals surface area contributed by atoms with E-state index in [1.165, 1.54) is 36.9 Å². The van der Waals surface area contributed by atoms with Gasteiger partial charge in [-0.1, -0.05) is 17.7 Å². The van der Waals surface area contributed by atoms with Crippen LogP contribution in [0.4, 0.5) is 8.78 Å². The van der Waals surface area contributed by atoms with Crippen molar-refractivity contribution in [2.75, 3.05) is 13.7 Å². The normalized spacial score (nSPS) is 20.7. The number of carbonyl (C=O) groups is 2. The molecule has 214 valence electrons. The van der Waals surface area contributed by atoms with Gasteiger partial charge in [-0.2, -0.15) is 0 Å². The van der Waals surface area contributed by atoms with Gasteiger partial charge in [0.15, 0.2) is 22.5 Å². The van der Waals surface area contributed by atoms with Crippen LogP contribution >= 0.6 is 22.9 Å². The number of thiazole rings is 1. The molecule has 1 aromatic carbocycles. The number of halogens is 3. The second-order valence-electron chi connectivity index (χ2n) is 9.52. The van der Waals surface area contributed by atoms with Crippen molar-refractivity contribution in [1.82, 2.24) is 20.3 Å². The monoisotopic (exact) mass is 601 g/mol. The van der Waals surface area contributed by atoms with Crippen molar-refractivity contribution < 1.29 is 27.8 Å². The topological polar surface area (TPSA) is 116 Å². The second-order valence-corrected chi connectivity index (χ2v) is 10.8. The Kier molecular flexibility index (Phi) is 8.69. The first-order chi connectivity index (χ1) is 19.8. The number of rotatable bonds is 7. The molecule has 0 radical (unpaired) electrons. The number of methoxy groups -OCH3 is 1. The van der Waals surface area contributed by atoms with E-state index >= 15 is 0 Å². The molecular weight excluding hydrogens is 576 g/mol. The Morgan fingerprint density at radius 1 is 1.07 bits per heavy atom. The number of nitrogens with one attached hydrogen (secondary N) is 1. The van der Waals surface area contributed by atoms with E-state index in [2.05, 4.69) is 25.3 Å². The molecule has 1 atom stereocenters. The summed E-state index contributed by atoms with van der Waals surface area (Å²) in [5.74, 6) is -2.47. The highest BCUT2D eigenvalue weighted by molar-refractivity contribution is 7.11. The average molecular weight is 602 g/mol. The zero-order valence-electron chi connectivity index (χ0n) is 22.2. The lowest BCUT2D eigenvalue weighted by molar-refractivity contribution is -0.136. The molecule has 1 aliphatic heterocycles. The molecule has 0 amide bonds. The number of ether oxygens (including phenoxy) is 2. The largest absolute Gasteiger partial charge is 0.466 e. The number of aliphatic imine (C=N–C) groups is 1. The highest BCUT2D eigenvalue weighted by Gasteiger charge is 2.38. The third-order valence-corrected chi connectivity index (χ3v) is 8.32. The molecule has 9 nitrogen and oxygen atoms in total. The first-order valence-electron chi connectivity index (χ1n) is 13.0. The molecule has 0 saturated heterocycles. The molecule has 5 rings (SSSR count). The van der Waals surface area contributed by atoms with Crippen LogP contribution < -0.4 is 5.32 Å². The number of esters is 2. The molecule has 0 bridgehead atoms. The maximum absolute atomic E-state index is 14.5. The fourth-order valence-corrected chi connectivity index (χ4v) is 6.00. The zero-order chi connectivity index (χ0) is 29.1. The Hall–Kier alpha value is -3.77. The summed E-state index contributed by atoms with van der Waals surface area (Å²) < 4.78 is 38.6. The minimum absolute atomic E-state index is 0.0526. The summed E-state index contributed by atoms with van der Waals surface area (Å²) in [6.07, 6.45) is 7.33. The summed E-state index contributed by atoms with van der Waals surface area (Å²) in [6, 6.07) is 1.25. The minimum Gasteiger partial charge on any atom is -0.466 e. The lowest BCUT2D eigenvalue weighted by atomic mass is 9.77. The van der Waals surface area contributed by atoms with Crippen LogP contribution in [0.25, 0.3) is 0 Å². The lowest BCUT2D eigenvalue weighted by Gasteiger charge is -2.34. The Morgan fingerprint density at radius 3 is 2.41 bits per heavy atom. The van der Waals surface area contributed by atoms with E-state index in [9.17, 15) is 18.4 Å². The fourth-order valence-electron chi connectivity index (χ4n) is 5.16. The summed E-state index contributed by atoms with van der Waals surface area (Å²) in [5, 5.41) is 5.21. The molecule has 1 N–H and O–H groups in total. The average Bonchev–Trinajstić information content (AvgIpc) is 3.55. The van der Waals surface area contributed by atoms with E-state index in [1.54, 1.807) is 18.5 Å². The van der Waals surface area contributed by atoms with Crippen LogP contribution in [0, 0.1) is 17.6 Å². The summed E-state index contributed by atoms with van der Waals surface area (Å²) in [4.78, 5) is 43.0. The molecule has 13 heteroatoms. The SMILES string of the molecule is CCOC(=O)c1cnc([C@H]2CC[C@H](C3=C(C(=O)OC)C(c4ccc(F)c(F)c4Cl)N=C(c4nccs4)N3)CC2)nc1. The predicted octanol–water partition coefficient (Wildman–Crippen LogP) is 5.53. The van der Waals surface area contributed by atoms with Gasteiger partial charge in [-0.05, 0) is 44.6 Å². The molecule has 1 unspecified atom stereocenters. The van der Waals surface area contributed by atoms with Crippen molar-refractivity contribution in [3.8, 4) is 0 Å². The molecule has 1 aliphatic carbocycles. The predicted molar refractivity (Wildman–Crippen MR) is 148 cm³/mol. The van der Waals surface area contributed by atoms with E-state index in [0.29, 0.717) is 53.6 Å². The minimum atomic E-state index is -1.21. The molecular formula is C28H26ClF2N5O4S. The molecule has 1 saturated carbocycles. The Balaban J connectivity index is 1.47. The molecule has 1 fully saturated rings. The third kappa shape index (κ3) is 5.84. The van der Waals surface area contributed by atoms with Crippen LogP contribution in [-0.4, -0.2) is 46.4 Å². The van der Waals surface area contributed by atoms with Crippen LogP contribution in [0.3, 0.4) is 0 Å². The number of amidine groups is 1. The quantitative estimate of drug-likeness (QED) is 0.277. The van der Waals surface area contributed by atoms with Gasteiger partial charge in [-0.3, -0.25) is 4.99 Å². The van der Waals surface area contributed by atoms with Crippen LogP contribution in [0.5, 0.6) is 0 Å². The molecule has 2 aliphatic rings. The number of allylic oxidation sites excluding steroid dienone is 1. The fraction of sp³-hybridized carbons (Fsp3) is 0.357. The molecule has 41 heavy (non-hydrogen) atoms. The van der Waals surface area contributed by atoms with Crippen molar-refractivity contribution in [3.63, 3.8) is 0 Å². The number of nitrogens with zero attached hydrogens (tertiary/aromatic N) is 4. The van der Waals surface area contributed by atoms with E-state index in [1.807, 2.05) is 0 Å². The van der Waals surface area contributed by atoms with Crippen molar-refractivity contribution in [2.24, 2.45) is 10.9 Å². The Bertz CT molecular complexity index is 1510. The molecule has 3 aromatic rings. The Labute approximate surface area is 243 Å². The van der Waals surface area contributed by atoms with Gasteiger partial charge < -0.3 is 14.8 Å². The summed E-state index contributed by atoms with van der Waals surface area (Å²) >= 11 is 7.60. The molecule has 0 spiro atoms. The van der Waals surface area contributed by atoms with Gasteiger partial charge in [0.1, 0.15) is 11.9 Å². The number of carbonyl (C=O) groups excluding carboxylic acids is 2. The van der Waals surface area contributed by atoms with Crippen molar-refractivity contribution in [3.05, 3.63) is 86.0 Å². The number of aromatic nitrogens is 3. The van der Waals surface area contributed by atoms with Crippen LogP contribution in [-0.2, 0) is 14.3 Å². The summed E-state index contributed by atoms with van der Waals surface area (Å²) in [7, 11) is 1.26. The maximum atomic E-state index is 14.5. The lowest BCUT2D eigenvalue weighted by Crippen LogP contribution is -2.37. The summed E-state index contributed by atoms with van der Waals surface area (Å²) in [6.45, 7) is 1.99. The van der Waals surface area contributed by atoms with E-state index in [-0.39, 0.29) is 29.6 Å². The first-order valence-corrected chi connectivity index (χ1v) is 14.3. The standard InChI is InChI=1S/C28H26ClF2N5O4S/c1-3-40-27(37)16-12-33-24(34-13-16)15-6-4-14(5-7-15)22-19(28(38)39-2)23(17-8-9-18(30)21(31)20(17)29)36-25(35-22)26-32-10-11-41-26/h8-15,23H,3-7H2,1-2H3,(H,35,36)/t14-,15-,23?. The van der Waals surface area contributed by atoms with Crippen molar-refractivity contribution in [2.45, 2.75) is 44.6 Å².